The molecule has 0 amide bonds. The van der Waals surface area contributed by atoms with Crippen LogP contribution in [0.2, 0.25) is 0 Å². The standard InChI is InChI=1S/C29H25F7/c1-2-3-16-4-6-17(7-5-16)18-8-11-22(24(31)12-18)28(35)27(34)19-9-10-21(23(30)13-19)20-14-25(32)29(36)26(33)15-20/h8-17H,2-7H2,1H3/b28-27+. The van der Waals surface area contributed by atoms with Gasteiger partial charge in [0.25, 0.3) is 0 Å². The molecular weight excluding hydrogens is 481 g/mol. The Bertz CT molecular complexity index is 1260. The highest BCUT2D eigenvalue weighted by Gasteiger charge is 2.24. The Balaban J connectivity index is 1.57. The van der Waals surface area contributed by atoms with Gasteiger partial charge in [0.2, 0.25) is 0 Å². The van der Waals surface area contributed by atoms with Gasteiger partial charge in [-0.1, -0.05) is 38.0 Å². The molecule has 1 fully saturated rings. The average molecular weight is 507 g/mol. The summed E-state index contributed by atoms with van der Waals surface area (Å²) in [6.45, 7) is 2.15. The number of hydrogen-bond acceptors (Lipinski definition) is 0. The summed E-state index contributed by atoms with van der Waals surface area (Å²) in [4.78, 5) is 0. The van der Waals surface area contributed by atoms with Crippen LogP contribution >= 0.6 is 0 Å². The lowest BCUT2D eigenvalue weighted by molar-refractivity contribution is 0.308. The molecule has 190 valence electrons. The van der Waals surface area contributed by atoms with Crippen molar-refractivity contribution in [1.29, 1.82) is 0 Å². The second kappa shape index (κ2) is 10.9. The maximum absolute atomic E-state index is 14.9. The van der Waals surface area contributed by atoms with E-state index in [1.165, 1.54) is 18.6 Å². The first-order chi connectivity index (χ1) is 17.2. The van der Waals surface area contributed by atoms with Gasteiger partial charge in [-0.05, 0) is 79.0 Å². The van der Waals surface area contributed by atoms with Crippen LogP contribution in [0.3, 0.4) is 0 Å². The van der Waals surface area contributed by atoms with Crippen LogP contribution in [0, 0.1) is 35.0 Å². The van der Waals surface area contributed by atoms with Crippen molar-refractivity contribution in [3.05, 3.63) is 94.3 Å². The third kappa shape index (κ3) is 5.35. The van der Waals surface area contributed by atoms with Crippen molar-refractivity contribution in [1.82, 2.24) is 0 Å². The third-order valence-electron chi connectivity index (χ3n) is 6.95. The summed E-state index contributed by atoms with van der Waals surface area (Å²) in [5, 5.41) is 0. The van der Waals surface area contributed by atoms with Gasteiger partial charge in [0.05, 0.1) is 0 Å². The molecule has 0 atom stereocenters. The first kappa shape index (κ1) is 26.0. The molecule has 4 rings (SSSR count). The molecule has 3 aromatic carbocycles. The van der Waals surface area contributed by atoms with E-state index in [2.05, 4.69) is 6.92 Å². The molecular formula is C29H25F7. The lowest BCUT2D eigenvalue weighted by Gasteiger charge is -2.28. The van der Waals surface area contributed by atoms with Gasteiger partial charge in [-0.3, -0.25) is 0 Å². The molecule has 0 aromatic heterocycles. The molecule has 36 heavy (non-hydrogen) atoms. The molecule has 0 aliphatic heterocycles. The van der Waals surface area contributed by atoms with Crippen LogP contribution in [0.1, 0.15) is 68.1 Å². The first-order valence-electron chi connectivity index (χ1n) is 12.0. The van der Waals surface area contributed by atoms with Gasteiger partial charge in [0.15, 0.2) is 29.1 Å². The van der Waals surface area contributed by atoms with Gasteiger partial charge in [0, 0.05) is 16.7 Å². The van der Waals surface area contributed by atoms with Crippen LogP contribution in [0.4, 0.5) is 30.7 Å². The first-order valence-corrected chi connectivity index (χ1v) is 12.0. The van der Waals surface area contributed by atoms with Gasteiger partial charge in [0.1, 0.15) is 11.6 Å². The van der Waals surface area contributed by atoms with Crippen molar-refractivity contribution in [2.75, 3.05) is 0 Å². The van der Waals surface area contributed by atoms with Gasteiger partial charge < -0.3 is 0 Å². The molecule has 7 heteroatoms. The summed E-state index contributed by atoms with van der Waals surface area (Å²) in [5.74, 6) is -8.89. The number of benzene rings is 3. The van der Waals surface area contributed by atoms with Crippen molar-refractivity contribution >= 4 is 11.7 Å². The van der Waals surface area contributed by atoms with E-state index in [0.29, 0.717) is 24.1 Å². The summed E-state index contributed by atoms with van der Waals surface area (Å²) in [7, 11) is 0. The van der Waals surface area contributed by atoms with Gasteiger partial charge >= 0.3 is 0 Å². The summed E-state index contributed by atoms with van der Waals surface area (Å²) in [6.07, 6.45) is 6.26. The Hall–Kier alpha value is -3.09. The molecule has 3 aromatic rings. The van der Waals surface area contributed by atoms with Crippen molar-refractivity contribution in [3.63, 3.8) is 0 Å². The molecule has 1 aliphatic carbocycles. The second-order valence-corrected chi connectivity index (χ2v) is 9.32. The highest BCUT2D eigenvalue weighted by Crippen LogP contribution is 2.39. The minimum atomic E-state index is -1.70. The zero-order valence-electron chi connectivity index (χ0n) is 19.7. The number of rotatable bonds is 6. The fourth-order valence-electron chi connectivity index (χ4n) is 5.00. The minimum Gasteiger partial charge on any atom is -0.206 e. The van der Waals surface area contributed by atoms with E-state index in [0.717, 1.165) is 49.8 Å². The SMILES string of the molecule is CCCC1CCC(c2ccc(/C(F)=C(\F)c3ccc(-c4cc(F)c(F)c(F)c4)c(F)c3)c(F)c2)CC1. The van der Waals surface area contributed by atoms with Crippen LogP contribution in [0.25, 0.3) is 22.8 Å². The monoisotopic (exact) mass is 506 g/mol. The molecule has 0 heterocycles. The smallest absolute Gasteiger partial charge is 0.194 e. The molecule has 0 bridgehead atoms. The van der Waals surface area contributed by atoms with E-state index >= 15 is 0 Å². The molecule has 0 N–H and O–H groups in total. The van der Waals surface area contributed by atoms with Crippen molar-refractivity contribution < 1.29 is 30.7 Å². The summed E-state index contributed by atoms with van der Waals surface area (Å²) in [5.41, 5.74) is -1.01. The highest BCUT2D eigenvalue weighted by atomic mass is 19.2. The van der Waals surface area contributed by atoms with Crippen molar-refractivity contribution in [2.45, 2.75) is 51.4 Å². The molecule has 1 aliphatic rings. The lowest BCUT2D eigenvalue weighted by atomic mass is 9.77. The van der Waals surface area contributed by atoms with Gasteiger partial charge in [-0.2, -0.15) is 0 Å². The quantitative estimate of drug-likeness (QED) is 0.177. The molecule has 0 spiro atoms. The van der Waals surface area contributed by atoms with E-state index in [1.54, 1.807) is 6.07 Å². The normalized spacial score (nSPS) is 18.8. The third-order valence-corrected chi connectivity index (χ3v) is 6.95. The minimum absolute atomic E-state index is 0.168. The van der Waals surface area contributed by atoms with E-state index < -0.39 is 51.9 Å². The molecule has 0 unspecified atom stereocenters. The number of hydrogen-bond donors (Lipinski definition) is 0. The molecule has 0 radical (unpaired) electrons. The maximum Gasteiger partial charge on any atom is 0.194 e. The fraction of sp³-hybridized carbons (Fsp3) is 0.310. The molecule has 0 saturated heterocycles. The average Bonchev–Trinajstić information content (AvgIpc) is 2.86. The Kier molecular flexibility index (Phi) is 7.86. The predicted octanol–water partition coefficient (Wildman–Crippen LogP) is 9.89. The van der Waals surface area contributed by atoms with Crippen molar-refractivity contribution in [3.8, 4) is 11.1 Å². The van der Waals surface area contributed by atoms with E-state index in [4.69, 9.17) is 0 Å². The van der Waals surface area contributed by atoms with Crippen LogP contribution in [0.15, 0.2) is 48.5 Å². The number of halogens is 7. The van der Waals surface area contributed by atoms with E-state index in [1.807, 2.05) is 0 Å². The topological polar surface area (TPSA) is 0 Å². The Morgan fingerprint density at radius 1 is 0.722 bits per heavy atom. The summed E-state index contributed by atoms with van der Waals surface area (Å²) >= 11 is 0. The van der Waals surface area contributed by atoms with E-state index in [-0.39, 0.29) is 17.0 Å². The van der Waals surface area contributed by atoms with E-state index in [9.17, 15) is 30.7 Å². The Labute approximate surface area is 205 Å². The van der Waals surface area contributed by atoms with Crippen LogP contribution in [-0.2, 0) is 0 Å². The zero-order valence-corrected chi connectivity index (χ0v) is 19.7. The van der Waals surface area contributed by atoms with Crippen LogP contribution < -0.4 is 0 Å². The fourth-order valence-corrected chi connectivity index (χ4v) is 5.00. The maximum atomic E-state index is 14.9. The van der Waals surface area contributed by atoms with Crippen LogP contribution in [-0.4, -0.2) is 0 Å². The lowest BCUT2D eigenvalue weighted by Crippen LogP contribution is -2.13. The molecule has 0 nitrogen and oxygen atoms in total. The van der Waals surface area contributed by atoms with Crippen molar-refractivity contribution in [2.24, 2.45) is 5.92 Å². The Morgan fingerprint density at radius 3 is 1.97 bits per heavy atom. The summed E-state index contributed by atoms with van der Waals surface area (Å²) < 4.78 is 99.3. The Morgan fingerprint density at radius 2 is 1.39 bits per heavy atom. The zero-order chi connectivity index (χ0) is 26.0. The summed E-state index contributed by atoms with van der Waals surface area (Å²) in [6, 6.07) is 7.81. The van der Waals surface area contributed by atoms with Crippen LogP contribution in [0.5, 0.6) is 0 Å². The van der Waals surface area contributed by atoms with Gasteiger partial charge in [-0.25, -0.2) is 30.7 Å². The largest absolute Gasteiger partial charge is 0.206 e. The predicted molar refractivity (Wildman–Crippen MR) is 127 cm³/mol. The molecule has 1 saturated carbocycles. The highest BCUT2D eigenvalue weighted by molar-refractivity contribution is 5.84. The second-order valence-electron chi connectivity index (χ2n) is 9.32. The van der Waals surface area contributed by atoms with Gasteiger partial charge in [-0.15, -0.1) is 0 Å².